The van der Waals surface area contributed by atoms with Gasteiger partial charge in [-0.1, -0.05) is 0 Å². The Bertz CT molecular complexity index is 576. The number of methoxy groups -OCH3 is 2. The smallest absolute Gasteiger partial charge is 0.333 e. The first-order valence-electron chi connectivity index (χ1n) is 8.16. The molecule has 0 spiro atoms. The van der Waals surface area contributed by atoms with Gasteiger partial charge in [0, 0.05) is 0 Å². The van der Waals surface area contributed by atoms with E-state index in [0.717, 1.165) is 19.3 Å². The highest BCUT2D eigenvalue weighted by molar-refractivity contribution is 5.79. The Morgan fingerprint density at radius 3 is 1.74 bits per heavy atom. The molecule has 0 aliphatic heterocycles. The third-order valence-corrected chi connectivity index (χ3v) is 5.59. The molecule has 4 fully saturated rings. The minimum atomic E-state index is -0.345. The van der Waals surface area contributed by atoms with Gasteiger partial charge in [0.05, 0.1) is 19.6 Å². The molecule has 7 nitrogen and oxygen atoms in total. The van der Waals surface area contributed by atoms with Crippen LogP contribution in [0.25, 0.3) is 0 Å². The molecule has 4 saturated carbocycles. The highest BCUT2D eigenvalue weighted by atomic mass is 16.6. The van der Waals surface area contributed by atoms with Gasteiger partial charge in [-0.05, 0) is 56.3 Å². The summed E-state index contributed by atoms with van der Waals surface area (Å²) in [6, 6.07) is 0.102. The van der Waals surface area contributed by atoms with Crippen LogP contribution in [0.2, 0.25) is 0 Å². The Hall–Kier alpha value is -1.92. The van der Waals surface area contributed by atoms with E-state index in [1.54, 1.807) is 0 Å². The Labute approximate surface area is 134 Å². The maximum atomic E-state index is 12.9. The zero-order valence-corrected chi connectivity index (χ0v) is 13.4. The van der Waals surface area contributed by atoms with E-state index in [1.165, 1.54) is 33.5 Å². The minimum absolute atomic E-state index is 0.0468. The summed E-state index contributed by atoms with van der Waals surface area (Å²) in [4.78, 5) is 24.8. The lowest BCUT2D eigenvalue weighted by atomic mass is 9.49. The fourth-order valence-corrected chi connectivity index (χ4v) is 5.10. The molecule has 7 heteroatoms. The van der Waals surface area contributed by atoms with Crippen LogP contribution >= 0.6 is 0 Å². The van der Waals surface area contributed by atoms with Crippen LogP contribution in [0.1, 0.15) is 38.5 Å². The highest BCUT2D eigenvalue weighted by Crippen LogP contribution is 2.60. The van der Waals surface area contributed by atoms with Crippen molar-refractivity contribution in [2.45, 2.75) is 38.5 Å². The van der Waals surface area contributed by atoms with Crippen LogP contribution in [0.4, 0.5) is 0 Å². The number of carbonyl (C=O) groups is 1. The predicted octanol–water partition coefficient (Wildman–Crippen LogP) is 2.01. The quantitative estimate of drug-likeness (QED) is 0.785. The summed E-state index contributed by atoms with van der Waals surface area (Å²) in [5.41, 5.74) is -0.345. The van der Waals surface area contributed by atoms with E-state index in [9.17, 15) is 4.79 Å². The van der Waals surface area contributed by atoms with Crippen molar-refractivity contribution in [2.75, 3.05) is 14.2 Å². The molecule has 4 aliphatic carbocycles. The molecule has 1 aromatic rings. The number of hydrogen-bond acceptors (Lipinski definition) is 7. The first-order valence-corrected chi connectivity index (χ1v) is 8.16. The van der Waals surface area contributed by atoms with E-state index in [2.05, 4.69) is 15.0 Å². The van der Waals surface area contributed by atoms with Gasteiger partial charge < -0.3 is 14.2 Å². The summed E-state index contributed by atoms with van der Waals surface area (Å²) in [5.74, 6) is 1.83. The Morgan fingerprint density at radius 2 is 1.30 bits per heavy atom. The van der Waals surface area contributed by atoms with Crippen LogP contribution in [0.15, 0.2) is 0 Å². The summed E-state index contributed by atoms with van der Waals surface area (Å²) in [6.07, 6.45) is 6.66. The van der Waals surface area contributed by atoms with Crippen molar-refractivity contribution in [3.05, 3.63) is 0 Å². The minimum Gasteiger partial charge on any atom is -0.467 e. The van der Waals surface area contributed by atoms with E-state index < -0.39 is 0 Å². The maximum absolute atomic E-state index is 12.9. The van der Waals surface area contributed by atoms with Gasteiger partial charge in [-0.15, -0.1) is 15.0 Å². The fourth-order valence-electron chi connectivity index (χ4n) is 5.10. The molecule has 0 radical (unpaired) electrons. The Morgan fingerprint density at radius 1 is 0.870 bits per heavy atom. The van der Waals surface area contributed by atoms with E-state index >= 15 is 0 Å². The van der Waals surface area contributed by atoms with Gasteiger partial charge in [0.1, 0.15) is 0 Å². The van der Waals surface area contributed by atoms with Crippen molar-refractivity contribution in [1.29, 1.82) is 0 Å². The number of hydrogen-bond donors (Lipinski definition) is 0. The lowest BCUT2D eigenvalue weighted by Crippen LogP contribution is -2.51. The molecule has 0 atom stereocenters. The van der Waals surface area contributed by atoms with E-state index in [1.807, 2.05) is 0 Å². The third-order valence-electron chi connectivity index (χ3n) is 5.59. The van der Waals surface area contributed by atoms with Crippen molar-refractivity contribution in [2.24, 2.45) is 23.2 Å². The fraction of sp³-hybridized carbons (Fsp3) is 0.750. The van der Waals surface area contributed by atoms with E-state index in [-0.39, 0.29) is 29.4 Å². The molecule has 0 saturated heterocycles. The molecule has 23 heavy (non-hydrogen) atoms. The van der Waals surface area contributed by atoms with Crippen LogP contribution in [0.5, 0.6) is 18.0 Å². The van der Waals surface area contributed by atoms with Gasteiger partial charge in [0.15, 0.2) is 0 Å². The Balaban J connectivity index is 1.56. The second-order valence-electron chi connectivity index (χ2n) is 7.18. The SMILES string of the molecule is COc1nc(OC)nc(OC(=O)C23CC4CC(CC(C4)C2)C3)n1. The topological polar surface area (TPSA) is 83.4 Å². The van der Waals surface area contributed by atoms with Crippen molar-refractivity contribution in [3.8, 4) is 18.0 Å². The second kappa shape index (κ2) is 5.32. The van der Waals surface area contributed by atoms with Crippen molar-refractivity contribution < 1.29 is 19.0 Å². The number of ether oxygens (including phenoxy) is 3. The van der Waals surface area contributed by atoms with Crippen molar-refractivity contribution in [1.82, 2.24) is 15.0 Å². The number of esters is 1. The largest absolute Gasteiger partial charge is 0.467 e. The Kier molecular flexibility index (Phi) is 3.39. The summed E-state index contributed by atoms with van der Waals surface area (Å²) in [6.45, 7) is 0. The second-order valence-corrected chi connectivity index (χ2v) is 7.18. The first-order chi connectivity index (χ1) is 11.1. The van der Waals surface area contributed by atoms with Crippen LogP contribution < -0.4 is 14.2 Å². The molecule has 0 N–H and O–H groups in total. The standard InChI is InChI=1S/C16H21N3O4/c1-21-13-17-14(22-2)19-15(18-13)23-12(20)16-6-9-3-10(7-16)5-11(4-9)8-16/h9-11H,3-8H2,1-2H3. The van der Waals surface area contributed by atoms with Crippen LogP contribution in [0.3, 0.4) is 0 Å². The van der Waals surface area contributed by atoms with Crippen molar-refractivity contribution in [3.63, 3.8) is 0 Å². The molecule has 0 amide bonds. The highest BCUT2D eigenvalue weighted by Gasteiger charge is 2.55. The third kappa shape index (κ3) is 2.52. The van der Waals surface area contributed by atoms with E-state index in [4.69, 9.17) is 14.2 Å². The van der Waals surface area contributed by atoms with E-state index in [0.29, 0.717) is 17.8 Å². The lowest BCUT2D eigenvalue weighted by Gasteiger charge is -2.54. The first kappa shape index (κ1) is 14.7. The number of rotatable bonds is 4. The molecular formula is C16H21N3O4. The maximum Gasteiger partial charge on any atom is 0.333 e. The van der Waals surface area contributed by atoms with Crippen LogP contribution in [-0.2, 0) is 4.79 Å². The van der Waals surface area contributed by atoms with Gasteiger partial charge in [-0.25, -0.2) is 0 Å². The molecule has 4 bridgehead atoms. The summed E-state index contributed by atoms with van der Waals surface area (Å²) < 4.78 is 15.5. The number of nitrogens with zero attached hydrogens (tertiary/aromatic N) is 3. The molecule has 124 valence electrons. The van der Waals surface area contributed by atoms with Crippen LogP contribution in [-0.4, -0.2) is 35.1 Å². The normalized spacial score (nSPS) is 34.3. The average molecular weight is 319 g/mol. The van der Waals surface area contributed by atoms with Gasteiger partial charge in [0.2, 0.25) is 0 Å². The van der Waals surface area contributed by atoms with Gasteiger partial charge in [-0.2, -0.15) is 0 Å². The zero-order valence-electron chi connectivity index (χ0n) is 13.4. The van der Waals surface area contributed by atoms with Crippen molar-refractivity contribution >= 4 is 5.97 Å². The number of carbonyl (C=O) groups excluding carboxylic acids is 1. The van der Waals surface area contributed by atoms with Crippen LogP contribution in [0, 0.1) is 23.2 Å². The van der Waals surface area contributed by atoms with Gasteiger partial charge >= 0.3 is 24.0 Å². The molecule has 1 heterocycles. The summed E-state index contributed by atoms with van der Waals surface area (Å²) in [7, 11) is 2.89. The molecular weight excluding hydrogens is 298 g/mol. The number of aromatic nitrogens is 3. The molecule has 1 aromatic heterocycles. The molecule has 4 aliphatic rings. The summed E-state index contributed by atoms with van der Waals surface area (Å²) in [5, 5.41) is 0. The monoisotopic (exact) mass is 319 g/mol. The molecule has 0 aromatic carbocycles. The lowest BCUT2D eigenvalue weighted by molar-refractivity contribution is -0.162. The van der Waals surface area contributed by atoms with Gasteiger partial charge in [0.25, 0.3) is 0 Å². The summed E-state index contributed by atoms with van der Waals surface area (Å²) >= 11 is 0. The average Bonchev–Trinajstić information content (AvgIpc) is 2.53. The molecule has 5 rings (SSSR count). The predicted molar refractivity (Wildman–Crippen MR) is 79.2 cm³/mol. The molecule has 0 unspecified atom stereocenters. The zero-order chi connectivity index (χ0) is 16.0. The van der Waals surface area contributed by atoms with Gasteiger partial charge in [-0.3, -0.25) is 4.79 Å².